The Morgan fingerprint density at radius 2 is 1.83 bits per heavy atom. The fourth-order valence-corrected chi connectivity index (χ4v) is 6.25. The molecule has 4 rings (SSSR count). The van der Waals surface area contributed by atoms with Gasteiger partial charge in [-0.25, -0.2) is 0 Å². The summed E-state index contributed by atoms with van der Waals surface area (Å²) < 4.78 is 0. The Morgan fingerprint density at radius 1 is 1.10 bits per heavy atom. The molecule has 1 spiro atoms. The Morgan fingerprint density at radius 3 is 2.53 bits per heavy atom. The Kier molecular flexibility index (Phi) is 6.37. The molecule has 1 aromatic rings. The van der Waals surface area contributed by atoms with Crippen molar-refractivity contribution in [2.75, 3.05) is 13.1 Å². The van der Waals surface area contributed by atoms with E-state index in [-0.39, 0.29) is 0 Å². The van der Waals surface area contributed by atoms with Crippen LogP contribution >= 0.6 is 0 Å². The normalized spacial score (nSPS) is 26.5. The largest absolute Gasteiger partial charge is 0.371 e. The van der Waals surface area contributed by atoms with Crippen LogP contribution < -0.4 is 0 Å². The van der Waals surface area contributed by atoms with Gasteiger partial charge < -0.3 is 4.90 Å². The van der Waals surface area contributed by atoms with Gasteiger partial charge in [0.05, 0.1) is 0 Å². The van der Waals surface area contributed by atoms with Gasteiger partial charge in [0.1, 0.15) is 0 Å². The van der Waals surface area contributed by atoms with Crippen molar-refractivity contribution < 1.29 is 0 Å². The van der Waals surface area contributed by atoms with Gasteiger partial charge in [0.2, 0.25) is 0 Å². The van der Waals surface area contributed by atoms with Crippen molar-refractivity contribution in [1.82, 2.24) is 4.90 Å². The molecule has 1 nitrogen and oxygen atoms in total. The lowest BCUT2D eigenvalue weighted by Crippen LogP contribution is -2.43. The first-order valence-corrected chi connectivity index (χ1v) is 12.1. The molecule has 1 aliphatic heterocycles. The zero-order valence-corrected chi connectivity index (χ0v) is 19.3. The second-order valence-corrected chi connectivity index (χ2v) is 10.1. The zero-order chi connectivity index (χ0) is 21.1. The van der Waals surface area contributed by atoms with Crippen molar-refractivity contribution in [2.24, 2.45) is 11.3 Å². The van der Waals surface area contributed by atoms with Crippen LogP contribution in [0.1, 0.15) is 77.2 Å². The van der Waals surface area contributed by atoms with Crippen molar-refractivity contribution in [1.29, 1.82) is 0 Å². The molecule has 2 aliphatic carbocycles. The molecule has 2 fully saturated rings. The summed E-state index contributed by atoms with van der Waals surface area (Å²) in [6, 6.07) is 11.3. The van der Waals surface area contributed by atoms with E-state index >= 15 is 0 Å². The topological polar surface area (TPSA) is 3.24 Å². The summed E-state index contributed by atoms with van der Waals surface area (Å²) in [5.74, 6) is 1.56. The fourth-order valence-electron chi connectivity index (χ4n) is 6.25. The van der Waals surface area contributed by atoms with Crippen molar-refractivity contribution in [3.8, 4) is 0 Å². The minimum Gasteiger partial charge on any atom is -0.371 e. The Labute approximate surface area is 184 Å². The van der Waals surface area contributed by atoms with Gasteiger partial charge in [0.15, 0.2) is 0 Å². The van der Waals surface area contributed by atoms with Crippen LogP contribution in [0.2, 0.25) is 0 Å². The molecule has 0 radical (unpaired) electrons. The molecular weight excluding hydrogens is 362 g/mol. The molecule has 0 bridgehead atoms. The van der Waals surface area contributed by atoms with Crippen LogP contribution in [0.4, 0.5) is 0 Å². The third-order valence-corrected chi connectivity index (χ3v) is 7.98. The number of hydrogen-bond donors (Lipinski definition) is 0. The summed E-state index contributed by atoms with van der Waals surface area (Å²) in [5, 5.41) is 0. The lowest BCUT2D eigenvalue weighted by molar-refractivity contribution is 0.0524. The average Bonchev–Trinajstić information content (AvgIpc) is 2.95. The van der Waals surface area contributed by atoms with E-state index in [2.05, 4.69) is 80.8 Å². The number of hydrogen-bond acceptors (Lipinski definition) is 1. The van der Waals surface area contributed by atoms with Crippen LogP contribution in [-0.2, 0) is 0 Å². The SMILES string of the molecule is C=C(C1=CCC(C)=C(CC)C=C1)N1CCC2(CC1)CC(C)CC(c1ccccc1)C2. The van der Waals surface area contributed by atoms with Gasteiger partial charge in [-0.05, 0) is 85.8 Å². The van der Waals surface area contributed by atoms with Crippen molar-refractivity contribution in [3.05, 3.63) is 83.1 Å². The van der Waals surface area contributed by atoms with Crippen LogP contribution in [0.25, 0.3) is 0 Å². The van der Waals surface area contributed by atoms with Gasteiger partial charge >= 0.3 is 0 Å². The summed E-state index contributed by atoms with van der Waals surface area (Å²) in [5.41, 5.74) is 7.62. The number of benzene rings is 1. The zero-order valence-electron chi connectivity index (χ0n) is 19.3. The van der Waals surface area contributed by atoms with E-state index in [0.717, 1.165) is 37.8 Å². The summed E-state index contributed by atoms with van der Waals surface area (Å²) in [6.45, 7) is 13.8. The van der Waals surface area contributed by atoms with E-state index in [0.29, 0.717) is 5.41 Å². The molecule has 2 unspecified atom stereocenters. The first kappa shape index (κ1) is 21.2. The molecule has 1 aromatic carbocycles. The van der Waals surface area contributed by atoms with E-state index in [1.807, 2.05) is 0 Å². The van der Waals surface area contributed by atoms with E-state index in [4.69, 9.17) is 0 Å². The maximum atomic E-state index is 4.52. The molecule has 0 aromatic heterocycles. The molecule has 3 aliphatic rings. The van der Waals surface area contributed by atoms with Gasteiger partial charge in [-0.1, -0.05) is 74.6 Å². The molecule has 2 atom stereocenters. The number of nitrogens with zero attached hydrogens (tertiary/aromatic N) is 1. The van der Waals surface area contributed by atoms with Crippen LogP contribution in [-0.4, -0.2) is 18.0 Å². The van der Waals surface area contributed by atoms with E-state index in [1.165, 1.54) is 54.5 Å². The summed E-state index contributed by atoms with van der Waals surface area (Å²) >= 11 is 0. The second-order valence-electron chi connectivity index (χ2n) is 10.1. The minimum absolute atomic E-state index is 0.524. The number of allylic oxidation sites excluding steroid dienone is 5. The first-order chi connectivity index (χ1) is 14.5. The molecule has 0 amide bonds. The Bertz CT molecular complexity index is 846. The van der Waals surface area contributed by atoms with Gasteiger partial charge in [0.25, 0.3) is 0 Å². The van der Waals surface area contributed by atoms with Gasteiger partial charge in [-0.15, -0.1) is 0 Å². The monoisotopic (exact) mass is 401 g/mol. The van der Waals surface area contributed by atoms with Crippen molar-refractivity contribution in [3.63, 3.8) is 0 Å². The van der Waals surface area contributed by atoms with Gasteiger partial charge in [0, 0.05) is 18.8 Å². The predicted molar refractivity (Wildman–Crippen MR) is 129 cm³/mol. The van der Waals surface area contributed by atoms with Crippen LogP contribution in [0.5, 0.6) is 0 Å². The van der Waals surface area contributed by atoms with Crippen molar-refractivity contribution in [2.45, 2.75) is 71.6 Å². The average molecular weight is 402 g/mol. The number of rotatable bonds is 4. The molecule has 1 heterocycles. The van der Waals surface area contributed by atoms with Crippen LogP contribution in [0.3, 0.4) is 0 Å². The highest BCUT2D eigenvalue weighted by Crippen LogP contribution is 2.52. The van der Waals surface area contributed by atoms with Crippen LogP contribution in [0.15, 0.2) is 77.6 Å². The van der Waals surface area contributed by atoms with E-state index in [1.54, 1.807) is 5.56 Å². The third kappa shape index (κ3) is 4.51. The molecular formula is C29H39N. The molecule has 0 N–H and O–H groups in total. The maximum absolute atomic E-state index is 4.52. The lowest BCUT2D eigenvalue weighted by atomic mass is 9.60. The summed E-state index contributed by atoms with van der Waals surface area (Å²) in [6.07, 6.45) is 15.9. The summed E-state index contributed by atoms with van der Waals surface area (Å²) in [4.78, 5) is 2.56. The van der Waals surface area contributed by atoms with E-state index < -0.39 is 0 Å². The first-order valence-electron chi connectivity index (χ1n) is 12.1. The lowest BCUT2D eigenvalue weighted by Gasteiger charge is -2.49. The smallest absolute Gasteiger partial charge is 0.0363 e. The minimum atomic E-state index is 0.524. The fraction of sp³-hybridized carbons (Fsp3) is 0.517. The molecule has 1 saturated carbocycles. The molecule has 1 saturated heterocycles. The Hall–Kier alpha value is -2.02. The van der Waals surface area contributed by atoms with E-state index in [9.17, 15) is 0 Å². The predicted octanol–water partition coefficient (Wildman–Crippen LogP) is 7.80. The molecule has 160 valence electrons. The highest BCUT2D eigenvalue weighted by molar-refractivity contribution is 5.44. The highest BCUT2D eigenvalue weighted by Gasteiger charge is 2.41. The standard InChI is InChI=1S/C29H39N/c1-5-25-13-14-26(12-11-23(25)3)24(4)30-17-15-29(16-18-30)20-22(2)19-28(21-29)27-9-7-6-8-10-27/h6-10,12-14,22,28H,4-5,11,15-21H2,1-3H3. The summed E-state index contributed by atoms with van der Waals surface area (Å²) in [7, 11) is 0. The quantitative estimate of drug-likeness (QED) is 0.497. The second kappa shape index (κ2) is 9.00. The Balaban J connectivity index is 1.41. The van der Waals surface area contributed by atoms with Crippen LogP contribution in [0, 0.1) is 11.3 Å². The number of piperidine rings is 1. The molecule has 30 heavy (non-hydrogen) atoms. The third-order valence-electron chi connectivity index (χ3n) is 7.98. The van der Waals surface area contributed by atoms with Gasteiger partial charge in [-0.3, -0.25) is 0 Å². The highest BCUT2D eigenvalue weighted by atomic mass is 15.1. The molecule has 1 heteroatoms. The van der Waals surface area contributed by atoms with Crippen molar-refractivity contribution >= 4 is 0 Å². The van der Waals surface area contributed by atoms with Gasteiger partial charge in [-0.2, -0.15) is 0 Å². The number of likely N-dealkylation sites (tertiary alicyclic amines) is 1. The maximum Gasteiger partial charge on any atom is 0.0363 e.